The average molecular weight is 214 g/mol. The van der Waals surface area contributed by atoms with Gasteiger partial charge in [0.2, 0.25) is 0 Å². The lowest BCUT2D eigenvalue weighted by atomic mass is 10.2. The summed E-state index contributed by atoms with van der Waals surface area (Å²) in [6, 6.07) is 1.43. The van der Waals surface area contributed by atoms with Crippen molar-refractivity contribution in [2.45, 2.75) is 6.18 Å². The van der Waals surface area contributed by atoms with Crippen LogP contribution in [0.25, 0.3) is 0 Å². The van der Waals surface area contributed by atoms with Crippen LogP contribution < -0.4 is 5.73 Å². The molecule has 13 heavy (non-hydrogen) atoms. The van der Waals surface area contributed by atoms with Crippen LogP contribution in [0.15, 0.2) is 12.1 Å². The van der Waals surface area contributed by atoms with Gasteiger partial charge in [0.15, 0.2) is 0 Å². The summed E-state index contributed by atoms with van der Waals surface area (Å²) in [5, 5.41) is -0.731. The van der Waals surface area contributed by atoms with Gasteiger partial charge in [0.25, 0.3) is 0 Å². The molecule has 0 atom stereocenters. The first kappa shape index (κ1) is 10.1. The summed E-state index contributed by atoms with van der Waals surface area (Å²) in [7, 11) is 0. The Morgan fingerprint density at radius 3 is 2.15 bits per heavy atom. The van der Waals surface area contributed by atoms with Crippen molar-refractivity contribution in [1.29, 1.82) is 0 Å². The van der Waals surface area contributed by atoms with Crippen molar-refractivity contribution in [3.8, 4) is 0 Å². The van der Waals surface area contributed by atoms with E-state index < -0.39 is 22.6 Å². The fraction of sp³-hybridized carbons (Fsp3) is 0.143. The van der Waals surface area contributed by atoms with Crippen molar-refractivity contribution in [1.82, 2.24) is 0 Å². The van der Waals surface area contributed by atoms with Crippen molar-refractivity contribution in [3.05, 3.63) is 28.5 Å². The first-order valence-electron chi connectivity index (χ1n) is 3.14. The number of anilines is 1. The Labute approximate surface area is 76.1 Å². The minimum Gasteiger partial charge on any atom is -0.399 e. The van der Waals surface area contributed by atoms with Gasteiger partial charge in [-0.05, 0) is 12.1 Å². The van der Waals surface area contributed by atoms with Crippen molar-refractivity contribution in [2.75, 3.05) is 5.73 Å². The summed E-state index contributed by atoms with van der Waals surface area (Å²) < 4.78 is 49.0. The zero-order valence-corrected chi connectivity index (χ0v) is 6.88. The summed E-state index contributed by atoms with van der Waals surface area (Å²) in [5.74, 6) is -1.46. The highest BCUT2D eigenvalue weighted by molar-refractivity contribution is 6.31. The Hall–Kier alpha value is -0.970. The van der Waals surface area contributed by atoms with Crippen LogP contribution in [0.5, 0.6) is 0 Å². The molecule has 0 aromatic heterocycles. The molecule has 2 N–H and O–H groups in total. The van der Waals surface area contributed by atoms with Crippen molar-refractivity contribution in [3.63, 3.8) is 0 Å². The molecule has 0 saturated heterocycles. The van der Waals surface area contributed by atoms with Gasteiger partial charge in [0.05, 0.1) is 5.02 Å². The molecule has 0 bridgehead atoms. The maximum atomic E-state index is 12.7. The molecule has 0 amide bonds. The topological polar surface area (TPSA) is 26.0 Å². The smallest absolute Gasteiger partial charge is 0.399 e. The largest absolute Gasteiger partial charge is 0.420 e. The molecule has 1 rings (SSSR count). The van der Waals surface area contributed by atoms with Crippen LogP contribution in [0, 0.1) is 5.82 Å². The lowest BCUT2D eigenvalue weighted by Gasteiger charge is -2.10. The molecule has 1 nitrogen and oxygen atoms in total. The maximum absolute atomic E-state index is 12.7. The van der Waals surface area contributed by atoms with Gasteiger partial charge >= 0.3 is 6.18 Å². The monoisotopic (exact) mass is 213 g/mol. The predicted octanol–water partition coefficient (Wildman–Crippen LogP) is 3.08. The third kappa shape index (κ3) is 2.03. The molecule has 0 unspecified atom stereocenters. The molecular weight excluding hydrogens is 210 g/mol. The van der Waals surface area contributed by atoms with E-state index in [1.54, 1.807) is 0 Å². The maximum Gasteiger partial charge on any atom is 0.420 e. The van der Waals surface area contributed by atoms with Gasteiger partial charge in [-0.25, -0.2) is 4.39 Å². The zero-order valence-electron chi connectivity index (χ0n) is 6.12. The number of rotatable bonds is 0. The molecule has 0 aliphatic carbocycles. The molecule has 72 valence electrons. The highest BCUT2D eigenvalue weighted by Crippen LogP contribution is 2.37. The lowest BCUT2D eigenvalue weighted by molar-refractivity contribution is -0.139. The van der Waals surface area contributed by atoms with E-state index in [2.05, 4.69) is 0 Å². The molecule has 0 fully saturated rings. The van der Waals surface area contributed by atoms with Crippen molar-refractivity contribution < 1.29 is 17.6 Å². The van der Waals surface area contributed by atoms with E-state index in [1.807, 2.05) is 0 Å². The highest BCUT2D eigenvalue weighted by Gasteiger charge is 2.36. The number of halogens is 5. The van der Waals surface area contributed by atoms with E-state index in [4.69, 9.17) is 17.3 Å². The summed E-state index contributed by atoms with van der Waals surface area (Å²) in [5.41, 5.74) is 3.45. The fourth-order valence-corrected chi connectivity index (χ4v) is 1.19. The number of benzene rings is 1. The quantitative estimate of drug-likeness (QED) is 0.520. The minimum absolute atomic E-state index is 0.143. The van der Waals surface area contributed by atoms with Gasteiger partial charge < -0.3 is 5.73 Å². The molecule has 1 aromatic rings. The predicted molar refractivity (Wildman–Crippen MR) is 40.8 cm³/mol. The zero-order chi connectivity index (χ0) is 10.2. The van der Waals surface area contributed by atoms with Crippen LogP contribution in [0.2, 0.25) is 5.02 Å². The Morgan fingerprint density at radius 1 is 1.23 bits per heavy atom. The summed E-state index contributed by atoms with van der Waals surface area (Å²) >= 11 is 5.18. The van der Waals surface area contributed by atoms with E-state index in [1.165, 1.54) is 0 Å². The molecule has 0 heterocycles. The summed E-state index contributed by atoms with van der Waals surface area (Å²) in [6.45, 7) is 0. The molecule has 1 aromatic carbocycles. The number of alkyl halides is 3. The highest BCUT2D eigenvalue weighted by atomic mass is 35.5. The third-order valence-electron chi connectivity index (χ3n) is 1.35. The van der Waals surface area contributed by atoms with Gasteiger partial charge in [-0.1, -0.05) is 11.6 Å². The number of nitrogen functional groups attached to an aromatic ring is 1. The standard InChI is InChI=1S/C7H4ClF4N/c8-4-1-3(13)2-5(9)6(4)7(10,11)12/h1-2H,13H2. The molecular formula is C7H4ClF4N. The normalized spacial score (nSPS) is 11.8. The second-order valence-corrected chi connectivity index (χ2v) is 2.76. The van der Waals surface area contributed by atoms with Crippen LogP contribution in [-0.2, 0) is 6.18 Å². The number of hydrogen-bond acceptors (Lipinski definition) is 1. The van der Waals surface area contributed by atoms with Crippen LogP contribution in [-0.4, -0.2) is 0 Å². The van der Waals surface area contributed by atoms with Crippen molar-refractivity contribution in [2.24, 2.45) is 0 Å². The van der Waals surface area contributed by atoms with E-state index in [9.17, 15) is 17.6 Å². The summed E-state index contributed by atoms with van der Waals surface area (Å²) in [4.78, 5) is 0. The molecule has 0 aliphatic heterocycles. The Bertz CT molecular complexity index is 311. The van der Waals surface area contributed by atoms with E-state index in [0.29, 0.717) is 6.07 Å². The minimum atomic E-state index is -4.80. The van der Waals surface area contributed by atoms with Crippen LogP contribution in [0.4, 0.5) is 23.2 Å². The number of nitrogens with two attached hydrogens (primary N) is 1. The first-order valence-corrected chi connectivity index (χ1v) is 3.52. The van der Waals surface area contributed by atoms with Crippen molar-refractivity contribution >= 4 is 17.3 Å². The fourth-order valence-electron chi connectivity index (χ4n) is 0.864. The molecule has 0 radical (unpaired) electrons. The van der Waals surface area contributed by atoms with E-state index in [0.717, 1.165) is 6.07 Å². The Balaban J connectivity index is 3.38. The van der Waals surface area contributed by atoms with Gasteiger partial charge in [0, 0.05) is 5.69 Å². The van der Waals surface area contributed by atoms with Gasteiger partial charge in [-0.3, -0.25) is 0 Å². The third-order valence-corrected chi connectivity index (χ3v) is 1.65. The Morgan fingerprint density at radius 2 is 1.77 bits per heavy atom. The lowest BCUT2D eigenvalue weighted by Crippen LogP contribution is -2.09. The second kappa shape index (κ2) is 3.06. The van der Waals surface area contributed by atoms with Crippen LogP contribution in [0.3, 0.4) is 0 Å². The Kier molecular flexibility index (Phi) is 2.38. The van der Waals surface area contributed by atoms with Gasteiger partial charge in [0.1, 0.15) is 11.4 Å². The van der Waals surface area contributed by atoms with Crippen LogP contribution in [0.1, 0.15) is 5.56 Å². The van der Waals surface area contributed by atoms with E-state index in [-0.39, 0.29) is 5.69 Å². The SMILES string of the molecule is Nc1cc(F)c(C(F)(F)F)c(Cl)c1. The second-order valence-electron chi connectivity index (χ2n) is 2.36. The molecule has 0 saturated carbocycles. The summed E-state index contributed by atoms with van der Waals surface area (Å²) in [6.07, 6.45) is -4.80. The first-order chi connectivity index (χ1) is 5.82. The van der Waals surface area contributed by atoms with E-state index >= 15 is 0 Å². The van der Waals surface area contributed by atoms with Gasteiger partial charge in [-0.2, -0.15) is 13.2 Å². The number of hydrogen-bond donors (Lipinski definition) is 1. The molecule has 6 heteroatoms. The van der Waals surface area contributed by atoms with Gasteiger partial charge in [-0.15, -0.1) is 0 Å². The average Bonchev–Trinajstić information content (AvgIpc) is 1.78. The molecule has 0 spiro atoms. The van der Waals surface area contributed by atoms with Crippen LogP contribution >= 0.6 is 11.6 Å². The molecule has 0 aliphatic rings.